The third kappa shape index (κ3) is 4.78. The number of hydrogen-bond donors (Lipinski definition) is 10. The highest BCUT2D eigenvalue weighted by atomic mass is 16.6. The van der Waals surface area contributed by atoms with E-state index in [0.29, 0.717) is 0 Å². The molecule has 12 heteroatoms. The van der Waals surface area contributed by atoms with Crippen molar-refractivity contribution in [1.82, 2.24) is 0 Å². The molecule has 2 aliphatic heterocycles. The Balaban J connectivity index is 0.000000240. The summed E-state index contributed by atoms with van der Waals surface area (Å²) in [6.45, 7) is -1.05. The molecular weight excluding hydrogens is 336 g/mol. The summed E-state index contributed by atoms with van der Waals surface area (Å²) in [5.74, 6) is 0. The minimum atomic E-state index is -1.57. The summed E-state index contributed by atoms with van der Waals surface area (Å²) in [4.78, 5) is 0. The molecule has 0 aliphatic carbocycles. The van der Waals surface area contributed by atoms with Gasteiger partial charge in [-0.3, -0.25) is 0 Å². The average Bonchev–Trinajstić information content (AvgIpc) is 2.58. The van der Waals surface area contributed by atoms with E-state index in [4.69, 9.17) is 51.1 Å². The molecule has 0 aromatic heterocycles. The summed E-state index contributed by atoms with van der Waals surface area (Å²) in [7, 11) is 0. The second-order valence-electron chi connectivity index (χ2n) is 5.44. The lowest BCUT2D eigenvalue weighted by atomic mass is 10.00. The minimum absolute atomic E-state index is 0.526. The first-order valence-electron chi connectivity index (χ1n) is 7.12. The van der Waals surface area contributed by atoms with Gasteiger partial charge in [-0.1, -0.05) is 0 Å². The van der Waals surface area contributed by atoms with E-state index in [1.54, 1.807) is 0 Å². The first-order chi connectivity index (χ1) is 11.1. The average molecular weight is 360 g/mol. The van der Waals surface area contributed by atoms with Crippen LogP contribution in [0.1, 0.15) is 0 Å². The Morgan fingerprint density at radius 1 is 0.458 bits per heavy atom. The Labute approximate surface area is 136 Å². The molecule has 2 rings (SSSR count). The van der Waals surface area contributed by atoms with Crippen molar-refractivity contribution in [3.05, 3.63) is 0 Å². The fourth-order valence-electron chi connectivity index (χ4n) is 2.16. The normalized spacial score (nSPS) is 49.2. The second kappa shape index (κ2) is 9.28. The monoisotopic (exact) mass is 360 g/mol. The summed E-state index contributed by atoms with van der Waals surface area (Å²) in [6.07, 6.45) is -14.1. The molecule has 0 aromatic carbocycles. The standard InChI is InChI=1S/2C6H12O6/c2*7-1-2-3(8)4(9)5(10)6(11)12-2/h2*2-11H,1H2/t2-,3+,4+,5-,6-;2-,3-,4+,5-,6-/m11/s1. The number of aliphatic hydroxyl groups is 10. The van der Waals surface area contributed by atoms with Crippen molar-refractivity contribution in [3.63, 3.8) is 0 Å². The SMILES string of the molecule is OC[C@H]1O[C@@H](O)[C@H](O)[C@@H](O)[C@@H]1O.OC[C@H]1O[C@@H](O)[C@H](O)[C@@H](O)[C@H]1O. The third-order valence-corrected chi connectivity index (χ3v) is 3.73. The van der Waals surface area contributed by atoms with Crippen molar-refractivity contribution in [2.45, 2.75) is 61.4 Å². The molecule has 2 fully saturated rings. The number of ether oxygens (including phenoxy) is 2. The molecule has 0 unspecified atom stereocenters. The predicted molar refractivity (Wildman–Crippen MR) is 72.0 cm³/mol. The largest absolute Gasteiger partial charge is 0.394 e. The van der Waals surface area contributed by atoms with Crippen LogP contribution in [0.5, 0.6) is 0 Å². The van der Waals surface area contributed by atoms with E-state index in [9.17, 15) is 0 Å². The molecule has 24 heavy (non-hydrogen) atoms. The summed E-state index contributed by atoms with van der Waals surface area (Å²) < 4.78 is 9.15. The van der Waals surface area contributed by atoms with E-state index in [2.05, 4.69) is 9.47 Å². The maximum atomic E-state index is 9.12. The summed E-state index contributed by atoms with van der Waals surface area (Å²) >= 11 is 0. The highest BCUT2D eigenvalue weighted by Crippen LogP contribution is 2.19. The minimum Gasteiger partial charge on any atom is -0.394 e. The molecule has 2 saturated heterocycles. The molecule has 0 bridgehead atoms. The van der Waals surface area contributed by atoms with Gasteiger partial charge in [0, 0.05) is 0 Å². The molecule has 0 aromatic rings. The highest BCUT2D eigenvalue weighted by molar-refractivity contribution is 4.88. The zero-order chi connectivity index (χ0) is 18.6. The fourth-order valence-corrected chi connectivity index (χ4v) is 2.16. The van der Waals surface area contributed by atoms with E-state index in [0.717, 1.165) is 0 Å². The van der Waals surface area contributed by atoms with Crippen LogP contribution in [0.15, 0.2) is 0 Å². The summed E-state index contributed by atoms with van der Waals surface area (Å²) in [6, 6.07) is 0. The second-order valence-corrected chi connectivity index (χ2v) is 5.44. The van der Waals surface area contributed by atoms with Crippen LogP contribution in [0, 0.1) is 0 Å². The van der Waals surface area contributed by atoms with Gasteiger partial charge in [0.15, 0.2) is 12.6 Å². The number of aliphatic hydroxyl groups excluding tert-OH is 10. The van der Waals surface area contributed by atoms with Crippen LogP contribution in [0.3, 0.4) is 0 Å². The Morgan fingerprint density at radius 3 is 1.00 bits per heavy atom. The fraction of sp³-hybridized carbons (Fsp3) is 1.00. The summed E-state index contributed by atoms with van der Waals surface area (Å²) in [5.41, 5.74) is 0. The molecule has 0 radical (unpaired) electrons. The smallest absolute Gasteiger partial charge is 0.184 e. The summed E-state index contributed by atoms with van der Waals surface area (Å²) in [5, 5.41) is 89.3. The van der Waals surface area contributed by atoms with Crippen LogP contribution < -0.4 is 0 Å². The Morgan fingerprint density at radius 2 is 0.750 bits per heavy atom. The molecule has 10 N–H and O–H groups in total. The molecular formula is C12H24O12. The Kier molecular flexibility index (Phi) is 8.34. The topological polar surface area (TPSA) is 221 Å². The molecule has 0 spiro atoms. The molecule has 12 nitrogen and oxygen atoms in total. The van der Waals surface area contributed by atoms with E-state index < -0.39 is 74.6 Å². The van der Waals surface area contributed by atoms with Gasteiger partial charge in [0.05, 0.1) is 13.2 Å². The number of rotatable bonds is 2. The van der Waals surface area contributed by atoms with Crippen LogP contribution in [0.25, 0.3) is 0 Å². The maximum Gasteiger partial charge on any atom is 0.184 e. The van der Waals surface area contributed by atoms with E-state index in [1.165, 1.54) is 0 Å². The molecule has 10 atom stereocenters. The van der Waals surface area contributed by atoms with E-state index in [1.807, 2.05) is 0 Å². The van der Waals surface area contributed by atoms with Crippen LogP contribution in [0.2, 0.25) is 0 Å². The van der Waals surface area contributed by atoms with Crippen LogP contribution in [-0.4, -0.2) is 126 Å². The molecule has 2 aliphatic rings. The molecule has 0 saturated carbocycles. The van der Waals surface area contributed by atoms with Gasteiger partial charge in [0.25, 0.3) is 0 Å². The quantitative estimate of drug-likeness (QED) is 0.222. The molecule has 0 amide bonds. The Bertz CT molecular complexity index is 326. The zero-order valence-corrected chi connectivity index (χ0v) is 12.5. The van der Waals surface area contributed by atoms with Gasteiger partial charge in [0.1, 0.15) is 48.8 Å². The molecule has 144 valence electrons. The van der Waals surface area contributed by atoms with E-state index >= 15 is 0 Å². The Hall–Kier alpha value is -0.480. The molecule has 2 heterocycles. The van der Waals surface area contributed by atoms with Crippen LogP contribution >= 0.6 is 0 Å². The third-order valence-electron chi connectivity index (χ3n) is 3.73. The van der Waals surface area contributed by atoms with Gasteiger partial charge in [-0.15, -0.1) is 0 Å². The van der Waals surface area contributed by atoms with Gasteiger partial charge in [-0.25, -0.2) is 0 Å². The van der Waals surface area contributed by atoms with Crippen LogP contribution in [0.4, 0.5) is 0 Å². The van der Waals surface area contributed by atoms with Gasteiger partial charge < -0.3 is 60.5 Å². The van der Waals surface area contributed by atoms with Gasteiger partial charge in [-0.2, -0.15) is 0 Å². The van der Waals surface area contributed by atoms with Crippen molar-refractivity contribution >= 4 is 0 Å². The van der Waals surface area contributed by atoms with Crippen molar-refractivity contribution in [2.75, 3.05) is 13.2 Å². The van der Waals surface area contributed by atoms with Gasteiger partial charge in [-0.05, 0) is 0 Å². The van der Waals surface area contributed by atoms with Crippen molar-refractivity contribution in [3.8, 4) is 0 Å². The lowest BCUT2D eigenvalue weighted by Gasteiger charge is -2.37. The van der Waals surface area contributed by atoms with Gasteiger partial charge >= 0.3 is 0 Å². The lowest BCUT2D eigenvalue weighted by molar-refractivity contribution is -0.286. The van der Waals surface area contributed by atoms with Crippen molar-refractivity contribution in [2.24, 2.45) is 0 Å². The number of hydrogen-bond acceptors (Lipinski definition) is 12. The van der Waals surface area contributed by atoms with Crippen molar-refractivity contribution in [1.29, 1.82) is 0 Å². The predicted octanol–water partition coefficient (Wildman–Crippen LogP) is -6.44. The maximum absolute atomic E-state index is 9.12. The highest BCUT2D eigenvalue weighted by Gasteiger charge is 2.43. The zero-order valence-electron chi connectivity index (χ0n) is 12.5. The lowest BCUT2D eigenvalue weighted by Crippen LogP contribution is -2.58. The van der Waals surface area contributed by atoms with E-state index in [-0.39, 0.29) is 0 Å². The van der Waals surface area contributed by atoms with Crippen molar-refractivity contribution < 1.29 is 60.5 Å². The van der Waals surface area contributed by atoms with Gasteiger partial charge in [0.2, 0.25) is 0 Å². The van der Waals surface area contributed by atoms with Crippen LogP contribution in [-0.2, 0) is 9.47 Å². The first kappa shape index (κ1) is 21.6. The first-order valence-corrected chi connectivity index (χ1v) is 7.12.